The van der Waals surface area contributed by atoms with E-state index in [1.165, 1.54) is 18.2 Å². The Hall–Kier alpha value is -1.43. The predicted molar refractivity (Wildman–Crippen MR) is 47.7 cm³/mol. The number of oxime groups is 1. The zero-order valence-electron chi connectivity index (χ0n) is 7.16. The van der Waals surface area contributed by atoms with Crippen LogP contribution in [-0.2, 0) is 4.39 Å². The maximum Gasteiger partial charge on any atom is 0.573 e. The highest BCUT2D eigenvalue weighted by molar-refractivity contribution is 6.07. The summed E-state index contributed by atoms with van der Waals surface area (Å²) in [6.45, 7) is 0. The van der Waals surface area contributed by atoms with Gasteiger partial charge in [-0.2, -0.15) is 0 Å². The van der Waals surface area contributed by atoms with Crippen LogP contribution in [0.4, 0.5) is 13.2 Å². The van der Waals surface area contributed by atoms with E-state index in [2.05, 4.69) is 14.3 Å². The van der Waals surface area contributed by atoms with Crippen molar-refractivity contribution in [2.75, 3.05) is 0 Å². The van der Waals surface area contributed by atoms with Crippen LogP contribution in [0.15, 0.2) is 29.4 Å². The molecule has 15 heavy (non-hydrogen) atoms. The Morgan fingerprint density at radius 2 is 1.93 bits per heavy atom. The zero-order chi connectivity index (χ0) is 11.3. The van der Waals surface area contributed by atoms with E-state index in [4.69, 9.17) is 11.9 Å². The molecule has 1 rings (SSSR count). The van der Waals surface area contributed by atoms with Gasteiger partial charge in [-0.3, -0.25) is 4.39 Å². The number of hydrogen-bond acceptors (Lipinski definition) is 3. The minimum absolute atomic E-state index is 0.107. The highest BCUT2D eigenvalue weighted by atomic mass is 35.5. The third-order valence-corrected chi connectivity index (χ3v) is 1.46. The lowest BCUT2D eigenvalue weighted by molar-refractivity contribution is -0.274. The summed E-state index contributed by atoms with van der Waals surface area (Å²) in [6.07, 6.45) is -3.74. The predicted octanol–water partition coefficient (Wildman–Crippen LogP) is 3.09. The first-order chi connectivity index (χ1) is 7.03. The quantitative estimate of drug-likeness (QED) is 0.599. The molecule has 82 valence electrons. The number of para-hydroxylation sites is 1. The molecule has 0 spiro atoms. The minimum atomic E-state index is -4.74. The molecule has 0 aliphatic heterocycles. The molecule has 0 aliphatic carbocycles. The maximum atomic E-state index is 11.9. The van der Waals surface area contributed by atoms with Gasteiger partial charge in [0.25, 0.3) is 0 Å². The van der Waals surface area contributed by atoms with Gasteiger partial charge in [0.1, 0.15) is 5.75 Å². The van der Waals surface area contributed by atoms with Crippen molar-refractivity contribution < 1.29 is 22.3 Å². The summed E-state index contributed by atoms with van der Waals surface area (Å²) < 4.78 is 43.3. The van der Waals surface area contributed by atoms with Crippen LogP contribution in [-0.4, -0.2) is 12.6 Å². The number of rotatable bonds is 3. The summed E-state index contributed by atoms with van der Waals surface area (Å²) in [4.78, 5) is 0. The molecule has 3 nitrogen and oxygen atoms in total. The van der Waals surface area contributed by atoms with Crippen molar-refractivity contribution in [2.45, 2.75) is 6.36 Å². The lowest BCUT2D eigenvalue weighted by Crippen LogP contribution is -2.18. The van der Waals surface area contributed by atoms with Gasteiger partial charge >= 0.3 is 6.36 Å². The fraction of sp³-hybridized carbons (Fsp3) is 0.125. The topological polar surface area (TPSA) is 30.8 Å². The molecule has 0 amide bonds. The normalized spacial score (nSPS) is 11.7. The molecule has 0 saturated heterocycles. The van der Waals surface area contributed by atoms with E-state index < -0.39 is 6.36 Å². The van der Waals surface area contributed by atoms with Crippen molar-refractivity contribution in [1.82, 2.24) is 0 Å². The summed E-state index contributed by atoms with van der Waals surface area (Å²) in [5.74, 6) is -0.373. The molecule has 0 bridgehead atoms. The summed E-state index contributed by atoms with van der Waals surface area (Å²) in [7, 11) is 0. The van der Waals surface area contributed by atoms with Gasteiger partial charge in [-0.05, 0) is 12.1 Å². The van der Waals surface area contributed by atoms with Crippen LogP contribution in [0, 0.1) is 0 Å². The van der Waals surface area contributed by atoms with Crippen LogP contribution in [0.5, 0.6) is 5.75 Å². The van der Waals surface area contributed by atoms with E-state index in [0.29, 0.717) is 0 Å². The van der Waals surface area contributed by atoms with Crippen LogP contribution in [0.25, 0.3) is 0 Å². The first kappa shape index (κ1) is 11.6. The molecular weight excluding hydrogens is 235 g/mol. The van der Waals surface area contributed by atoms with Gasteiger partial charge in [-0.25, -0.2) is 0 Å². The molecule has 1 aromatic rings. The number of ether oxygens (including phenoxy) is 1. The van der Waals surface area contributed by atoms with Gasteiger partial charge in [0.2, 0.25) is 0 Å². The highest BCUT2D eigenvalue weighted by Crippen LogP contribution is 2.25. The maximum absolute atomic E-state index is 11.9. The largest absolute Gasteiger partial charge is 0.573 e. The second-order valence-corrected chi connectivity index (χ2v) is 2.53. The molecule has 0 atom stereocenters. The summed E-state index contributed by atoms with van der Waals surface area (Å²) in [5, 5.41) is 3.13. The molecule has 0 fully saturated rings. The van der Waals surface area contributed by atoms with E-state index in [9.17, 15) is 13.2 Å². The summed E-state index contributed by atoms with van der Waals surface area (Å²) in [5.41, 5.74) is 0.107. The Morgan fingerprint density at radius 3 is 2.53 bits per heavy atom. The molecule has 0 N–H and O–H groups in total. The average Bonchev–Trinajstić information content (AvgIpc) is 2.14. The summed E-state index contributed by atoms with van der Waals surface area (Å²) >= 11 is 4.78. The number of nitrogens with zero attached hydrogens (tertiary/aromatic N) is 1. The lowest BCUT2D eigenvalue weighted by Gasteiger charge is -2.10. The van der Waals surface area contributed by atoms with Crippen molar-refractivity contribution in [3.63, 3.8) is 0 Å². The number of hydrogen-bond donors (Lipinski definition) is 0. The monoisotopic (exact) mass is 239 g/mol. The van der Waals surface area contributed by atoms with Crippen LogP contribution in [0.3, 0.4) is 0 Å². The Labute approximate surface area is 88.2 Å². The van der Waals surface area contributed by atoms with Crippen molar-refractivity contribution in [3.8, 4) is 5.75 Å². The standard InChI is InChI=1S/C8H5ClF3NO2/c9-15-13-5-6-3-1-2-4-7(6)14-8(10,11)12/h1-5H. The molecule has 0 aromatic heterocycles. The smallest absolute Gasteiger partial charge is 0.405 e. The van der Waals surface area contributed by atoms with E-state index >= 15 is 0 Å². The first-order valence-electron chi connectivity index (χ1n) is 3.69. The second kappa shape index (κ2) is 4.88. The van der Waals surface area contributed by atoms with Crippen molar-refractivity contribution in [3.05, 3.63) is 29.8 Å². The zero-order valence-corrected chi connectivity index (χ0v) is 7.92. The molecule has 1 aromatic carbocycles. The Balaban J connectivity index is 2.91. The van der Waals surface area contributed by atoms with E-state index in [0.717, 1.165) is 12.3 Å². The van der Waals surface area contributed by atoms with Gasteiger partial charge in [-0.1, -0.05) is 17.3 Å². The first-order valence-corrected chi connectivity index (χ1v) is 3.99. The van der Waals surface area contributed by atoms with Gasteiger partial charge in [-0.15, -0.1) is 13.2 Å². The van der Waals surface area contributed by atoms with Gasteiger partial charge in [0, 0.05) is 5.56 Å². The highest BCUT2D eigenvalue weighted by Gasteiger charge is 2.31. The van der Waals surface area contributed by atoms with E-state index in [-0.39, 0.29) is 11.3 Å². The van der Waals surface area contributed by atoms with Crippen molar-refractivity contribution in [1.29, 1.82) is 0 Å². The average molecular weight is 240 g/mol. The molecule has 0 unspecified atom stereocenters. The lowest BCUT2D eigenvalue weighted by atomic mass is 10.2. The van der Waals surface area contributed by atoms with Gasteiger partial charge in [0.05, 0.1) is 6.21 Å². The Kier molecular flexibility index (Phi) is 3.79. The molecule has 0 saturated carbocycles. The van der Waals surface area contributed by atoms with Crippen molar-refractivity contribution >= 4 is 18.1 Å². The molecule has 7 heteroatoms. The molecule has 0 heterocycles. The van der Waals surface area contributed by atoms with Crippen LogP contribution < -0.4 is 4.74 Å². The van der Waals surface area contributed by atoms with Crippen molar-refractivity contribution in [2.24, 2.45) is 5.16 Å². The fourth-order valence-electron chi connectivity index (χ4n) is 0.882. The Morgan fingerprint density at radius 1 is 1.27 bits per heavy atom. The van der Waals surface area contributed by atoms with Crippen LogP contribution in [0.1, 0.15) is 5.56 Å². The van der Waals surface area contributed by atoms with Crippen LogP contribution in [0.2, 0.25) is 0 Å². The number of alkyl halides is 3. The number of halogens is 4. The van der Waals surface area contributed by atoms with E-state index in [1.807, 2.05) is 0 Å². The molecule has 0 aliphatic rings. The second-order valence-electron chi connectivity index (χ2n) is 2.39. The van der Waals surface area contributed by atoms with Crippen LogP contribution >= 0.6 is 11.9 Å². The fourth-order valence-corrected chi connectivity index (χ4v) is 0.921. The SMILES string of the molecule is FC(F)(F)Oc1ccccc1C=NOCl. The third-order valence-electron chi connectivity index (χ3n) is 1.38. The third kappa shape index (κ3) is 4.07. The van der Waals surface area contributed by atoms with Gasteiger partial charge < -0.3 is 4.74 Å². The minimum Gasteiger partial charge on any atom is -0.405 e. The van der Waals surface area contributed by atoms with Gasteiger partial charge in [0.15, 0.2) is 11.9 Å². The van der Waals surface area contributed by atoms with E-state index in [1.54, 1.807) is 0 Å². The number of benzene rings is 1. The molecular formula is C8H5ClF3NO2. The Bertz CT molecular complexity index is 354. The summed E-state index contributed by atoms with van der Waals surface area (Å²) in [6, 6.07) is 5.46. The molecule has 0 radical (unpaired) electrons.